The molecular weight excluding hydrogens is 185 g/mol. The van der Waals surface area contributed by atoms with Gasteiger partial charge in [-0.25, -0.2) is 0 Å². The van der Waals surface area contributed by atoms with Crippen LogP contribution < -0.4 is 0 Å². The van der Waals surface area contributed by atoms with Gasteiger partial charge in [-0.2, -0.15) is 0 Å². The van der Waals surface area contributed by atoms with Crippen LogP contribution in [0.5, 0.6) is 0 Å². The second-order valence-electron chi connectivity index (χ2n) is 2.37. The minimum atomic E-state index is -4.08. The van der Waals surface area contributed by atoms with Crippen LogP contribution in [0, 0.1) is 0 Å². The molecule has 0 fully saturated rings. The number of nitrogens with zero attached hydrogens (tertiary/aromatic N) is 1. The van der Waals surface area contributed by atoms with Crippen LogP contribution in [0.25, 0.3) is 0 Å². The maximum atomic E-state index is 10.5. The Hall–Kier alpha value is 0.0300. The molecule has 0 saturated carbocycles. The summed E-state index contributed by atoms with van der Waals surface area (Å²) in [7, 11) is -4.08. The first-order valence-electron chi connectivity index (χ1n) is 3.48. The number of hydrogen-bond acceptors (Lipinski definition) is 4. The van der Waals surface area contributed by atoms with Crippen LogP contribution in [0.3, 0.4) is 0 Å². The molecule has 74 valence electrons. The maximum Gasteiger partial charge on any atom is 0.339 e. The molecule has 0 aromatic rings. The lowest BCUT2D eigenvalue weighted by Crippen LogP contribution is -2.30. The molecule has 7 heteroatoms. The fourth-order valence-corrected chi connectivity index (χ4v) is 1.60. The first-order chi connectivity index (χ1) is 5.49. The Morgan fingerprint density at radius 1 is 1.08 bits per heavy atom. The standard InChI is InChI=1S/C5H14NO5P/c7-3-1-6(2-4-8)5-12(9,10)11/h7-8H,1-5H2,(H2,9,10,11). The average Bonchev–Trinajstić information content (AvgIpc) is 1.84. The van der Waals surface area contributed by atoms with Crippen LogP contribution in [0.4, 0.5) is 0 Å². The normalized spacial score (nSPS) is 12.4. The van der Waals surface area contributed by atoms with E-state index in [2.05, 4.69) is 0 Å². The van der Waals surface area contributed by atoms with Gasteiger partial charge in [0.05, 0.1) is 13.2 Å². The van der Waals surface area contributed by atoms with Gasteiger partial charge in [0.15, 0.2) is 0 Å². The van der Waals surface area contributed by atoms with Gasteiger partial charge in [-0.05, 0) is 0 Å². The summed E-state index contributed by atoms with van der Waals surface area (Å²) in [5.41, 5.74) is 0. The molecule has 0 amide bonds. The summed E-state index contributed by atoms with van der Waals surface area (Å²) in [6.07, 6.45) is -0.422. The smallest absolute Gasteiger partial charge is 0.339 e. The maximum absolute atomic E-state index is 10.5. The summed E-state index contributed by atoms with van der Waals surface area (Å²) < 4.78 is 10.5. The molecule has 0 aromatic carbocycles. The quantitative estimate of drug-likeness (QED) is 0.385. The largest absolute Gasteiger partial charge is 0.395 e. The molecule has 4 N–H and O–H groups in total. The van der Waals surface area contributed by atoms with Crippen LogP contribution in [-0.4, -0.2) is 57.5 Å². The van der Waals surface area contributed by atoms with Gasteiger partial charge >= 0.3 is 7.60 Å². The number of aliphatic hydroxyl groups is 2. The van der Waals surface area contributed by atoms with E-state index in [0.29, 0.717) is 0 Å². The zero-order chi connectivity index (χ0) is 9.61. The van der Waals surface area contributed by atoms with Crippen LogP contribution in [0.1, 0.15) is 0 Å². The van der Waals surface area contributed by atoms with Crippen molar-refractivity contribution in [1.29, 1.82) is 0 Å². The van der Waals surface area contributed by atoms with Crippen molar-refractivity contribution in [2.75, 3.05) is 32.6 Å². The zero-order valence-electron chi connectivity index (χ0n) is 6.63. The van der Waals surface area contributed by atoms with Crippen molar-refractivity contribution in [3.8, 4) is 0 Å². The number of hydrogen-bond donors (Lipinski definition) is 4. The fourth-order valence-electron chi connectivity index (χ4n) is 0.797. The lowest BCUT2D eigenvalue weighted by atomic mass is 10.5. The molecule has 0 rings (SSSR count). The Labute approximate surface area is 70.6 Å². The number of aliphatic hydroxyl groups excluding tert-OH is 2. The molecule has 0 spiro atoms. The van der Waals surface area contributed by atoms with Crippen molar-refractivity contribution in [2.45, 2.75) is 0 Å². The Kier molecular flexibility index (Phi) is 5.65. The first-order valence-corrected chi connectivity index (χ1v) is 5.28. The molecule has 6 nitrogen and oxygen atoms in total. The van der Waals surface area contributed by atoms with E-state index >= 15 is 0 Å². The number of rotatable bonds is 6. The third-order valence-electron chi connectivity index (χ3n) is 1.22. The summed E-state index contributed by atoms with van der Waals surface area (Å²) in [5, 5.41) is 17.0. The molecule has 0 unspecified atom stereocenters. The van der Waals surface area contributed by atoms with Crippen LogP contribution >= 0.6 is 7.60 Å². The second kappa shape index (κ2) is 5.64. The molecule has 0 atom stereocenters. The van der Waals surface area contributed by atoms with E-state index in [1.54, 1.807) is 0 Å². The lowest BCUT2D eigenvalue weighted by molar-refractivity contribution is 0.170. The van der Waals surface area contributed by atoms with Gasteiger partial charge in [0.2, 0.25) is 0 Å². The Bertz CT molecular complexity index is 152. The minimum absolute atomic E-state index is 0.158. The third kappa shape index (κ3) is 6.72. The zero-order valence-corrected chi connectivity index (χ0v) is 7.52. The SMILES string of the molecule is O=P(O)(O)CN(CCO)CCO. The molecule has 0 heterocycles. The lowest BCUT2D eigenvalue weighted by Gasteiger charge is -2.19. The van der Waals surface area contributed by atoms with E-state index < -0.39 is 13.9 Å². The van der Waals surface area contributed by atoms with Gasteiger partial charge in [0.25, 0.3) is 0 Å². The van der Waals surface area contributed by atoms with Gasteiger partial charge in [-0.1, -0.05) is 0 Å². The molecule has 0 bridgehead atoms. The van der Waals surface area contributed by atoms with Gasteiger partial charge in [-0.15, -0.1) is 0 Å². The van der Waals surface area contributed by atoms with Crippen molar-refractivity contribution in [1.82, 2.24) is 4.90 Å². The van der Waals surface area contributed by atoms with Crippen molar-refractivity contribution in [3.63, 3.8) is 0 Å². The third-order valence-corrected chi connectivity index (χ3v) is 1.99. The fraction of sp³-hybridized carbons (Fsp3) is 1.00. The van der Waals surface area contributed by atoms with Crippen molar-refractivity contribution in [3.05, 3.63) is 0 Å². The van der Waals surface area contributed by atoms with Gasteiger partial charge in [-0.3, -0.25) is 9.46 Å². The van der Waals surface area contributed by atoms with E-state index in [0.717, 1.165) is 0 Å². The second-order valence-corrected chi connectivity index (χ2v) is 3.98. The monoisotopic (exact) mass is 199 g/mol. The molecule has 0 radical (unpaired) electrons. The highest BCUT2D eigenvalue weighted by atomic mass is 31.2. The van der Waals surface area contributed by atoms with Crippen LogP contribution in [0.2, 0.25) is 0 Å². The predicted octanol–water partition coefficient (Wildman–Crippen LogP) is -1.59. The average molecular weight is 199 g/mol. The summed E-state index contributed by atoms with van der Waals surface area (Å²) in [4.78, 5) is 18.4. The molecule has 12 heavy (non-hydrogen) atoms. The summed E-state index contributed by atoms with van der Waals surface area (Å²) >= 11 is 0. The highest BCUT2D eigenvalue weighted by molar-refractivity contribution is 7.51. The Balaban J connectivity index is 3.86. The molecular formula is C5H14NO5P. The molecule has 0 aliphatic carbocycles. The van der Waals surface area contributed by atoms with Gasteiger partial charge < -0.3 is 20.0 Å². The Morgan fingerprint density at radius 2 is 1.50 bits per heavy atom. The minimum Gasteiger partial charge on any atom is -0.395 e. The first kappa shape index (κ1) is 12.0. The topological polar surface area (TPSA) is 101 Å². The summed E-state index contributed by atoms with van der Waals surface area (Å²) in [5.74, 6) is 0. The van der Waals surface area contributed by atoms with E-state index in [4.69, 9.17) is 20.0 Å². The van der Waals surface area contributed by atoms with Crippen molar-refractivity contribution < 1.29 is 24.6 Å². The van der Waals surface area contributed by atoms with Gasteiger partial charge in [0, 0.05) is 13.1 Å². The van der Waals surface area contributed by atoms with Crippen LogP contribution in [-0.2, 0) is 4.57 Å². The molecule has 0 aliphatic heterocycles. The van der Waals surface area contributed by atoms with Crippen molar-refractivity contribution in [2.24, 2.45) is 0 Å². The molecule has 0 aliphatic rings. The van der Waals surface area contributed by atoms with Crippen LogP contribution in [0.15, 0.2) is 0 Å². The summed E-state index contributed by atoms with van der Waals surface area (Å²) in [6.45, 7) is -0.0443. The highest BCUT2D eigenvalue weighted by Gasteiger charge is 2.17. The van der Waals surface area contributed by atoms with E-state index in [-0.39, 0.29) is 26.3 Å². The predicted molar refractivity (Wildman–Crippen MR) is 42.7 cm³/mol. The summed E-state index contributed by atoms with van der Waals surface area (Å²) in [6, 6.07) is 0. The Morgan fingerprint density at radius 3 is 1.75 bits per heavy atom. The van der Waals surface area contributed by atoms with Gasteiger partial charge in [0.1, 0.15) is 6.29 Å². The van der Waals surface area contributed by atoms with E-state index in [1.165, 1.54) is 4.90 Å². The highest BCUT2D eigenvalue weighted by Crippen LogP contribution is 2.34. The van der Waals surface area contributed by atoms with E-state index in [1.807, 2.05) is 0 Å². The van der Waals surface area contributed by atoms with E-state index in [9.17, 15) is 4.57 Å². The molecule has 0 saturated heterocycles. The molecule has 0 aromatic heterocycles. The van der Waals surface area contributed by atoms with Crippen molar-refractivity contribution >= 4 is 7.60 Å².